The molecule has 2 N–H and O–H groups in total. The fourth-order valence-corrected chi connectivity index (χ4v) is 4.28. The van der Waals surface area contributed by atoms with Crippen LogP contribution in [0.4, 0.5) is 0 Å². The van der Waals surface area contributed by atoms with Crippen LogP contribution in [0, 0.1) is 0 Å². The molecule has 1 fully saturated rings. The predicted octanol–water partition coefficient (Wildman–Crippen LogP) is 3.26. The Bertz CT molecular complexity index is 915. The van der Waals surface area contributed by atoms with Gasteiger partial charge in [0.25, 0.3) is 0 Å². The molecule has 29 heavy (non-hydrogen) atoms. The topological polar surface area (TPSA) is 74.2 Å². The first kappa shape index (κ1) is 19.5. The average molecular weight is 393 g/mol. The maximum atomic E-state index is 11.8. The van der Waals surface area contributed by atoms with Gasteiger partial charge in [-0.3, -0.25) is 15.1 Å². The van der Waals surface area contributed by atoms with Gasteiger partial charge in [-0.05, 0) is 29.8 Å². The van der Waals surface area contributed by atoms with Gasteiger partial charge in [-0.25, -0.2) is 0 Å². The molecule has 1 saturated heterocycles. The highest BCUT2D eigenvalue weighted by Crippen LogP contribution is 2.36. The summed E-state index contributed by atoms with van der Waals surface area (Å²) in [5.41, 5.74) is 2.40. The van der Waals surface area contributed by atoms with E-state index in [0.717, 1.165) is 35.4 Å². The number of nitrogens with zero attached hydrogens (tertiary/aromatic N) is 2. The molecular weight excluding hydrogens is 366 g/mol. The molecule has 1 atom stereocenters. The molecule has 152 valence electrons. The van der Waals surface area contributed by atoms with Crippen molar-refractivity contribution in [2.24, 2.45) is 4.99 Å². The quantitative estimate of drug-likeness (QED) is 0.839. The number of benzene rings is 2. The lowest BCUT2D eigenvalue weighted by atomic mass is 9.87. The Balaban J connectivity index is 1.69. The molecule has 0 saturated carbocycles. The fourth-order valence-electron chi connectivity index (χ4n) is 4.28. The van der Waals surface area contributed by atoms with Crippen molar-refractivity contribution in [3.63, 3.8) is 0 Å². The number of piperidine rings is 1. The van der Waals surface area contributed by atoms with Crippen LogP contribution in [0.15, 0.2) is 53.5 Å². The minimum absolute atomic E-state index is 0.0666. The lowest BCUT2D eigenvalue weighted by molar-refractivity contribution is -0.130. The number of phenols is 1. The van der Waals surface area contributed by atoms with Crippen LogP contribution in [0.3, 0.4) is 0 Å². The molecule has 1 spiro atoms. The van der Waals surface area contributed by atoms with Gasteiger partial charge in [-0.1, -0.05) is 24.3 Å². The number of hydrogen-bond donors (Lipinski definition) is 2. The van der Waals surface area contributed by atoms with E-state index >= 15 is 0 Å². The standard InChI is InChI=1S/C23H27N3O3/c1-16(27)26-13-11-23(12-14-26)24-20(17-7-9-18(29-2)10-8-17)15-21(25-23)19-5-3-4-6-22(19)28/h3-10,20,24,28H,11-15H2,1-2H3/t20-/m1/s1. The number of aliphatic imine (C=N–C) groups is 1. The summed E-state index contributed by atoms with van der Waals surface area (Å²) < 4.78 is 5.29. The maximum Gasteiger partial charge on any atom is 0.219 e. The third-order valence-electron chi connectivity index (χ3n) is 5.96. The highest BCUT2D eigenvalue weighted by molar-refractivity contribution is 6.03. The Morgan fingerprint density at radius 2 is 1.86 bits per heavy atom. The minimum atomic E-state index is -0.438. The highest BCUT2D eigenvalue weighted by Gasteiger charge is 2.40. The lowest BCUT2D eigenvalue weighted by Gasteiger charge is -2.45. The van der Waals surface area contributed by atoms with E-state index in [4.69, 9.17) is 9.73 Å². The third kappa shape index (κ3) is 3.98. The Labute approximate surface area is 171 Å². The van der Waals surface area contributed by atoms with Gasteiger partial charge in [0.1, 0.15) is 17.2 Å². The van der Waals surface area contributed by atoms with Crippen LogP contribution in [0.25, 0.3) is 0 Å². The van der Waals surface area contributed by atoms with E-state index in [1.165, 1.54) is 0 Å². The van der Waals surface area contributed by atoms with Gasteiger partial charge in [-0.15, -0.1) is 0 Å². The molecule has 1 amide bonds. The fraction of sp³-hybridized carbons (Fsp3) is 0.391. The summed E-state index contributed by atoms with van der Waals surface area (Å²) in [6, 6.07) is 15.5. The lowest BCUT2D eigenvalue weighted by Crippen LogP contribution is -2.56. The Kier molecular flexibility index (Phi) is 5.28. The van der Waals surface area contributed by atoms with Crippen molar-refractivity contribution in [2.45, 2.75) is 37.9 Å². The summed E-state index contributed by atoms with van der Waals surface area (Å²) in [7, 11) is 1.66. The van der Waals surface area contributed by atoms with Gasteiger partial charge in [-0.2, -0.15) is 0 Å². The number of hydrogen-bond acceptors (Lipinski definition) is 5. The molecule has 6 nitrogen and oxygen atoms in total. The van der Waals surface area contributed by atoms with Crippen LogP contribution in [0.2, 0.25) is 0 Å². The number of aromatic hydroxyl groups is 1. The van der Waals surface area contributed by atoms with Crippen LogP contribution in [0.5, 0.6) is 11.5 Å². The molecule has 2 aromatic rings. The first-order valence-corrected chi connectivity index (χ1v) is 10.0. The van der Waals surface area contributed by atoms with Crippen LogP contribution < -0.4 is 10.1 Å². The van der Waals surface area contributed by atoms with Crippen molar-refractivity contribution >= 4 is 11.6 Å². The van der Waals surface area contributed by atoms with E-state index in [0.29, 0.717) is 19.5 Å². The van der Waals surface area contributed by atoms with E-state index in [1.54, 1.807) is 20.1 Å². The summed E-state index contributed by atoms with van der Waals surface area (Å²) in [6.45, 7) is 2.97. The van der Waals surface area contributed by atoms with Crippen LogP contribution in [-0.2, 0) is 4.79 Å². The van der Waals surface area contributed by atoms with Crippen molar-refractivity contribution in [3.05, 3.63) is 59.7 Å². The van der Waals surface area contributed by atoms with Gasteiger partial charge in [0.05, 0.1) is 7.11 Å². The maximum absolute atomic E-state index is 11.8. The summed E-state index contributed by atoms with van der Waals surface area (Å²) in [4.78, 5) is 18.7. The SMILES string of the molecule is COc1ccc([C@H]2CC(c3ccccc3O)=NC3(CCN(C(C)=O)CC3)N2)cc1. The van der Waals surface area contributed by atoms with Gasteiger partial charge in [0.2, 0.25) is 5.91 Å². The number of carbonyl (C=O) groups is 1. The number of likely N-dealkylation sites (tertiary alicyclic amines) is 1. The van der Waals surface area contributed by atoms with E-state index < -0.39 is 5.66 Å². The molecule has 2 heterocycles. The van der Waals surface area contributed by atoms with Crippen molar-refractivity contribution in [2.75, 3.05) is 20.2 Å². The van der Waals surface area contributed by atoms with Crippen molar-refractivity contribution in [1.82, 2.24) is 10.2 Å². The second-order valence-corrected chi connectivity index (χ2v) is 7.79. The first-order valence-electron chi connectivity index (χ1n) is 10.0. The molecule has 0 aromatic heterocycles. The molecule has 0 radical (unpaired) electrons. The molecular formula is C23H27N3O3. The molecule has 0 unspecified atom stereocenters. The van der Waals surface area contributed by atoms with Crippen LogP contribution in [0.1, 0.15) is 43.4 Å². The summed E-state index contributed by atoms with van der Waals surface area (Å²) in [6.07, 6.45) is 2.18. The normalized spacial score (nSPS) is 21.0. The molecule has 0 aliphatic carbocycles. The van der Waals surface area contributed by atoms with E-state index in [-0.39, 0.29) is 17.7 Å². The summed E-state index contributed by atoms with van der Waals surface area (Å²) in [5.74, 6) is 1.17. The molecule has 2 aliphatic rings. The van der Waals surface area contributed by atoms with Crippen molar-refractivity contribution in [1.29, 1.82) is 0 Å². The molecule has 4 rings (SSSR count). The molecule has 0 bridgehead atoms. The average Bonchev–Trinajstić information content (AvgIpc) is 2.74. The number of carbonyl (C=O) groups excluding carboxylic acids is 1. The zero-order chi connectivity index (χ0) is 20.4. The highest BCUT2D eigenvalue weighted by atomic mass is 16.5. The number of amides is 1. The monoisotopic (exact) mass is 393 g/mol. The Morgan fingerprint density at radius 1 is 1.17 bits per heavy atom. The van der Waals surface area contributed by atoms with E-state index in [9.17, 15) is 9.90 Å². The van der Waals surface area contributed by atoms with E-state index in [2.05, 4.69) is 17.4 Å². The number of rotatable bonds is 3. The van der Waals surface area contributed by atoms with Crippen molar-refractivity contribution in [3.8, 4) is 11.5 Å². The zero-order valence-electron chi connectivity index (χ0n) is 16.9. The van der Waals surface area contributed by atoms with Gasteiger partial charge < -0.3 is 14.7 Å². The third-order valence-corrected chi connectivity index (χ3v) is 5.96. The van der Waals surface area contributed by atoms with Gasteiger partial charge in [0, 0.05) is 56.6 Å². The minimum Gasteiger partial charge on any atom is -0.507 e. The smallest absolute Gasteiger partial charge is 0.219 e. The number of methoxy groups -OCH3 is 1. The van der Waals surface area contributed by atoms with Gasteiger partial charge >= 0.3 is 0 Å². The first-order chi connectivity index (χ1) is 14.0. The molecule has 2 aromatic carbocycles. The Morgan fingerprint density at radius 3 is 2.48 bits per heavy atom. The summed E-state index contributed by atoms with van der Waals surface area (Å²) in [5, 5.41) is 14.2. The number of para-hydroxylation sites is 1. The largest absolute Gasteiger partial charge is 0.507 e. The zero-order valence-corrected chi connectivity index (χ0v) is 16.9. The van der Waals surface area contributed by atoms with Crippen LogP contribution in [-0.4, -0.2) is 47.5 Å². The van der Waals surface area contributed by atoms with E-state index in [1.807, 2.05) is 35.2 Å². The number of phenolic OH excluding ortho intramolecular Hbond substituents is 1. The number of ether oxygens (including phenoxy) is 1. The second-order valence-electron chi connectivity index (χ2n) is 7.79. The molecule has 2 aliphatic heterocycles. The predicted molar refractivity (Wildman–Crippen MR) is 112 cm³/mol. The number of nitrogens with one attached hydrogen (secondary N) is 1. The summed E-state index contributed by atoms with van der Waals surface area (Å²) >= 11 is 0. The van der Waals surface area contributed by atoms with Crippen molar-refractivity contribution < 1.29 is 14.6 Å². The molecule has 6 heteroatoms. The van der Waals surface area contributed by atoms with Crippen LogP contribution >= 0.6 is 0 Å². The second kappa shape index (κ2) is 7.87. The Hall–Kier alpha value is -2.86. The van der Waals surface area contributed by atoms with Gasteiger partial charge in [0.15, 0.2) is 0 Å².